The van der Waals surface area contributed by atoms with Crippen molar-refractivity contribution in [2.45, 2.75) is 6.92 Å². The minimum absolute atomic E-state index is 0.380. The van der Waals surface area contributed by atoms with Crippen molar-refractivity contribution in [3.8, 4) is 45.7 Å². The fraction of sp³-hybridized carbons (Fsp3) is 0.150. The average Bonchev–Trinajstić information content (AvgIpc) is 3.39. The molecule has 0 atom stereocenters. The lowest BCUT2D eigenvalue weighted by Gasteiger charge is -2.02. The number of methoxy groups -OCH3 is 1. The molecule has 7 nitrogen and oxygen atoms in total. The van der Waals surface area contributed by atoms with Gasteiger partial charge in [-0.2, -0.15) is 10.1 Å². The van der Waals surface area contributed by atoms with Gasteiger partial charge in [0.15, 0.2) is 0 Å². The van der Waals surface area contributed by atoms with Crippen LogP contribution < -0.4 is 9.47 Å². The van der Waals surface area contributed by atoms with Gasteiger partial charge >= 0.3 is 0 Å². The van der Waals surface area contributed by atoms with E-state index in [1.807, 2.05) is 61.5 Å². The van der Waals surface area contributed by atoms with Crippen LogP contribution in [0.1, 0.15) is 6.92 Å². The Bertz CT molecular complexity index is 1020. The van der Waals surface area contributed by atoms with Crippen molar-refractivity contribution in [1.82, 2.24) is 20.3 Å². The minimum Gasteiger partial charge on any atom is -0.497 e. The van der Waals surface area contributed by atoms with E-state index in [-0.39, 0.29) is 0 Å². The zero-order valence-corrected chi connectivity index (χ0v) is 15.0. The van der Waals surface area contributed by atoms with E-state index >= 15 is 0 Å². The zero-order chi connectivity index (χ0) is 18.6. The molecule has 0 spiro atoms. The quantitative estimate of drug-likeness (QED) is 0.553. The van der Waals surface area contributed by atoms with Crippen LogP contribution in [-0.2, 0) is 0 Å². The maximum Gasteiger partial charge on any atom is 0.276 e. The van der Waals surface area contributed by atoms with Gasteiger partial charge in [-0.15, -0.1) is 0 Å². The predicted molar refractivity (Wildman–Crippen MR) is 100 cm³/mol. The van der Waals surface area contributed by atoms with Gasteiger partial charge in [-0.25, -0.2) is 0 Å². The van der Waals surface area contributed by atoms with Gasteiger partial charge in [-0.1, -0.05) is 5.16 Å². The largest absolute Gasteiger partial charge is 0.497 e. The van der Waals surface area contributed by atoms with Gasteiger partial charge in [-0.3, -0.25) is 5.10 Å². The first-order valence-corrected chi connectivity index (χ1v) is 8.54. The minimum atomic E-state index is 0.380. The van der Waals surface area contributed by atoms with E-state index in [1.54, 1.807) is 7.11 Å². The maximum atomic E-state index is 5.46. The van der Waals surface area contributed by atoms with E-state index in [4.69, 9.17) is 14.0 Å². The van der Waals surface area contributed by atoms with Crippen LogP contribution in [0.3, 0.4) is 0 Å². The summed E-state index contributed by atoms with van der Waals surface area (Å²) in [4.78, 5) is 4.44. The van der Waals surface area contributed by atoms with E-state index in [0.29, 0.717) is 24.0 Å². The van der Waals surface area contributed by atoms with Crippen LogP contribution >= 0.6 is 0 Å². The standard InChI is InChI=1S/C20H18N4O3/c1-3-26-16-10-4-13(5-11-16)17-12-18(23-22-17)20-21-19(24-27-20)14-6-8-15(25-2)9-7-14/h4-12H,3H2,1-2H3,(H,22,23). The second kappa shape index (κ2) is 7.33. The van der Waals surface area contributed by atoms with Gasteiger partial charge in [0, 0.05) is 11.1 Å². The number of benzene rings is 2. The highest BCUT2D eigenvalue weighted by atomic mass is 16.5. The number of nitrogens with zero attached hydrogens (tertiary/aromatic N) is 3. The monoisotopic (exact) mass is 362 g/mol. The second-order valence-corrected chi connectivity index (χ2v) is 5.78. The molecular weight excluding hydrogens is 344 g/mol. The van der Waals surface area contributed by atoms with Crippen molar-refractivity contribution in [3.05, 3.63) is 54.6 Å². The lowest BCUT2D eigenvalue weighted by Crippen LogP contribution is -1.90. The van der Waals surface area contributed by atoms with Crippen LogP contribution in [0.5, 0.6) is 11.5 Å². The number of H-pyrrole nitrogens is 1. The van der Waals surface area contributed by atoms with E-state index in [0.717, 1.165) is 28.3 Å². The molecule has 0 saturated carbocycles. The van der Waals surface area contributed by atoms with Crippen LogP contribution in [-0.4, -0.2) is 34.1 Å². The molecule has 0 unspecified atom stereocenters. The summed E-state index contributed by atoms with van der Waals surface area (Å²) >= 11 is 0. The summed E-state index contributed by atoms with van der Waals surface area (Å²) in [7, 11) is 1.63. The van der Waals surface area contributed by atoms with E-state index in [9.17, 15) is 0 Å². The molecule has 0 bridgehead atoms. The third-order valence-electron chi connectivity index (χ3n) is 4.04. The Kier molecular flexibility index (Phi) is 4.57. The molecule has 0 amide bonds. The molecule has 7 heteroatoms. The molecule has 4 aromatic rings. The SMILES string of the molecule is CCOc1ccc(-c2cc(-c3nc(-c4ccc(OC)cc4)no3)[nH]n2)cc1. The van der Waals surface area contributed by atoms with E-state index in [1.165, 1.54) is 0 Å². The summed E-state index contributed by atoms with van der Waals surface area (Å²) in [6, 6.07) is 17.1. The molecule has 2 aromatic heterocycles. The number of hydrogen-bond acceptors (Lipinski definition) is 6. The van der Waals surface area contributed by atoms with Crippen molar-refractivity contribution in [2.75, 3.05) is 13.7 Å². The molecule has 27 heavy (non-hydrogen) atoms. The normalized spacial score (nSPS) is 10.7. The Morgan fingerprint density at radius 3 is 2.37 bits per heavy atom. The lowest BCUT2D eigenvalue weighted by molar-refractivity contribution is 0.340. The summed E-state index contributed by atoms with van der Waals surface area (Å²) < 4.78 is 16.0. The first-order valence-electron chi connectivity index (χ1n) is 8.54. The first kappa shape index (κ1) is 16.8. The molecule has 0 aliphatic carbocycles. The number of nitrogens with one attached hydrogen (secondary N) is 1. The molecule has 4 rings (SSSR count). The fourth-order valence-electron chi connectivity index (χ4n) is 2.66. The Labute approximate surface area is 156 Å². The van der Waals surface area contributed by atoms with Gasteiger partial charge in [-0.05, 0) is 61.5 Å². The van der Waals surface area contributed by atoms with Gasteiger partial charge in [0.1, 0.15) is 17.2 Å². The molecule has 0 aliphatic heterocycles. The molecule has 1 N–H and O–H groups in total. The van der Waals surface area contributed by atoms with Crippen molar-refractivity contribution in [2.24, 2.45) is 0 Å². The van der Waals surface area contributed by atoms with Crippen molar-refractivity contribution in [3.63, 3.8) is 0 Å². The number of ether oxygens (including phenoxy) is 2. The number of rotatable bonds is 6. The molecule has 2 heterocycles. The molecule has 136 valence electrons. The molecular formula is C20H18N4O3. The highest BCUT2D eigenvalue weighted by molar-refractivity contribution is 5.66. The maximum absolute atomic E-state index is 5.46. The number of hydrogen-bond donors (Lipinski definition) is 1. The third-order valence-corrected chi connectivity index (χ3v) is 4.04. The Balaban J connectivity index is 1.55. The van der Waals surface area contributed by atoms with Gasteiger partial charge in [0.05, 0.1) is 19.4 Å². The summed E-state index contributed by atoms with van der Waals surface area (Å²) in [5, 5.41) is 11.3. The molecule has 2 aromatic carbocycles. The fourth-order valence-corrected chi connectivity index (χ4v) is 2.66. The van der Waals surface area contributed by atoms with Crippen LogP contribution in [0.25, 0.3) is 34.2 Å². The van der Waals surface area contributed by atoms with E-state index in [2.05, 4.69) is 20.3 Å². The molecule has 0 fully saturated rings. The van der Waals surface area contributed by atoms with Gasteiger partial charge < -0.3 is 14.0 Å². The highest BCUT2D eigenvalue weighted by Gasteiger charge is 2.14. The third kappa shape index (κ3) is 3.52. The van der Waals surface area contributed by atoms with Gasteiger partial charge in [0.2, 0.25) is 5.82 Å². The first-order chi connectivity index (χ1) is 13.3. The average molecular weight is 362 g/mol. The molecule has 0 saturated heterocycles. The van der Waals surface area contributed by atoms with Crippen molar-refractivity contribution in [1.29, 1.82) is 0 Å². The molecule has 0 radical (unpaired) electrons. The number of aromatic nitrogens is 4. The predicted octanol–water partition coefficient (Wildman–Crippen LogP) is 4.20. The summed E-state index contributed by atoms with van der Waals surface area (Å²) in [5.41, 5.74) is 3.26. The van der Waals surface area contributed by atoms with Crippen molar-refractivity contribution < 1.29 is 14.0 Å². The van der Waals surface area contributed by atoms with Gasteiger partial charge in [0.25, 0.3) is 5.89 Å². The topological polar surface area (TPSA) is 86.1 Å². The Morgan fingerprint density at radius 2 is 1.67 bits per heavy atom. The highest BCUT2D eigenvalue weighted by Crippen LogP contribution is 2.26. The zero-order valence-electron chi connectivity index (χ0n) is 15.0. The van der Waals surface area contributed by atoms with Crippen LogP contribution in [0.2, 0.25) is 0 Å². The van der Waals surface area contributed by atoms with Crippen LogP contribution in [0.4, 0.5) is 0 Å². The summed E-state index contributed by atoms with van der Waals surface area (Å²) in [6.45, 7) is 2.60. The summed E-state index contributed by atoms with van der Waals surface area (Å²) in [6.07, 6.45) is 0. The smallest absolute Gasteiger partial charge is 0.276 e. The van der Waals surface area contributed by atoms with Crippen LogP contribution in [0.15, 0.2) is 59.1 Å². The Hall–Kier alpha value is -3.61. The Morgan fingerprint density at radius 1 is 0.963 bits per heavy atom. The molecule has 0 aliphatic rings. The summed E-state index contributed by atoms with van der Waals surface area (Å²) in [5.74, 6) is 2.49. The van der Waals surface area contributed by atoms with Crippen molar-refractivity contribution >= 4 is 0 Å². The second-order valence-electron chi connectivity index (χ2n) is 5.78. The van der Waals surface area contributed by atoms with E-state index < -0.39 is 0 Å². The van der Waals surface area contributed by atoms with Crippen LogP contribution in [0, 0.1) is 0 Å². The lowest BCUT2D eigenvalue weighted by atomic mass is 10.1. The number of aromatic amines is 1.